The predicted octanol–water partition coefficient (Wildman–Crippen LogP) is 5.35. The van der Waals surface area contributed by atoms with Crippen molar-refractivity contribution in [3.05, 3.63) is 69.0 Å². The molecule has 0 spiro atoms. The molecule has 0 radical (unpaired) electrons. The highest BCUT2D eigenvalue weighted by atomic mass is 35.5. The van der Waals surface area contributed by atoms with Gasteiger partial charge in [0.15, 0.2) is 0 Å². The quantitative estimate of drug-likeness (QED) is 0.680. The Morgan fingerprint density at radius 2 is 1.67 bits per heavy atom. The van der Waals surface area contributed by atoms with Crippen LogP contribution in [0.1, 0.15) is 11.1 Å². The average molecular weight is 337 g/mol. The van der Waals surface area contributed by atoms with Gasteiger partial charge in [0.25, 0.3) is 0 Å². The molecule has 21 heavy (non-hydrogen) atoms. The summed E-state index contributed by atoms with van der Waals surface area (Å²) in [7, 11) is 0. The minimum Gasteiger partial charge on any atom is -0.392 e. The van der Waals surface area contributed by atoms with E-state index in [1.807, 2.05) is 18.2 Å². The number of hydrogen-bond donors (Lipinski definition) is 1. The highest BCUT2D eigenvalue weighted by molar-refractivity contribution is 7.17. The van der Waals surface area contributed by atoms with E-state index in [9.17, 15) is 5.11 Å². The monoisotopic (exact) mass is 336 g/mol. The van der Waals surface area contributed by atoms with Gasteiger partial charge in [-0.1, -0.05) is 47.5 Å². The van der Waals surface area contributed by atoms with E-state index >= 15 is 0 Å². The van der Waals surface area contributed by atoms with Gasteiger partial charge in [0.05, 0.1) is 6.10 Å². The van der Waals surface area contributed by atoms with Gasteiger partial charge >= 0.3 is 0 Å². The lowest BCUT2D eigenvalue weighted by Gasteiger charge is -2.13. The first-order valence-corrected chi connectivity index (χ1v) is 8.35. The van der Waals surface area contributed by atoms with E-state index in [1.165, 1.54) is 15.6 Å². The number of hydrogen-bond acceptors (Lipinski definition) is 2. The van der Waals surface area contributed by atoms with Gasteiger partial charge in [-0.3, -0.25) is 0 Å². The third-order valence-corrected chi connectivity index (χ3v) is 5.24. The summed E-state index contributed by atoms with van der Waals surface area (Å²) in [6.07, 6.45) is 0.564. The lowest BCUT2D eigenvalue weighted by molar-refractivity contribution is 0.176. The highest BCUT2D eigenvalue weighted by Crippen LogP contribution is 2.29. The lowest BCUT2D eigenvalue weighted by atomic mass is 10.0. The van der Waals surface area contributed by atoms with Crippen LogP contribution in [0.25, 0.3) is 10.1 Å². The Kier molecular flexibility index (Phi) is 4.51. The number of halogens is 2. The van der Waals surface area contributed by atoms with E-state index in [2.05, 4.69) is 17.5 Å². The number of aliphatic hydroxyl groups is 1. The van der Waals surface area contributed by atoms with Crippen molar-refractivity contribution in [1.29, 1.82) is 0 Å². The molecular formula is C17H14Cl2OS. The maximum absolute atomic E-state index is 10.4. The molecule has 1 aromatic heterocycles. The van der Waals surface area contributed by atoms with Gasteiger partial charge in [-0.15, -0.1) is 11.3 Å². The van der Waals surface area contributed by atoms with Crippen molar-refractivity contribution in [3.8, 4) is 0 Å². The smallest absolute Gasteiger partial charge is 0.0622 e. The van der Waals surface area contributed by atoms with Crippen LogP contribution in [0.15, 0.2) is 47.8 Å². The highest BCUT2D eigenvalue weighted by Gasteiger charge is 2.14. The Morgan fingerprint density at radius 1 is 0.952 bits per heavy atom. The molecule has 1 atom stereocenters. The lowest BCUT2D eigenvalue weighted by Crippen LogP contribution is -2.14. The SMILES string of the molecule is OC(Cc1c(Cl)cccc1Cl)Cc1csc2ccccc12. The second-order valence-corrected chi connectivity index (χ2v) is 6.75. The molecule has 0 aliphatic rings. The fourth-order valence-corrected chi connectivity index (χ4v) is 4.01. The first kappa shape index (κ1) is 14.9. The summed E-state index contributed by atoms with van der Waals surface area (Å²) in [5.74, 6) is 0. The topological polar surface area (TPSA) is 20.2 Å². The third-order valence-electron chi connectivity index (χ3n) is 3.52. The molecule has 1 N–H and O–H groups in total. The molecule has 3 rings (SSSR count). The first-order valence-electron chi connectivity index (χ1n) is 6.71. The Bertz CT molecular complexity index is 746. The molecule has 0 saturated carbocycles. The molecule has 0 amide bonds. The molecule has 1 nitrogen and oxygen atoms in total. The summed E-state index contributed by atoms with van der Waals surface area (Å²) >= 11 is 14.0. The van der Waals surface area contributed by atoms with Crippen LogP contribution in [0, 0.1) is 0 Å². The van der Waals surface area contributed by atoms with Gasteiger partial charge in [0.2, 0.25) is 0 Å². The maximum atomic E-state index is 10.4. The summed E-state index contributed by atoms with van der Waals surface area (Å²) in [6.45, 7) is 0. The van der Waals surface area contributed by atoms with Crippen LogP contribution in [-0.2, 0) is 12.8 Å². The molecule has 3 aromatic rings. The summed E-state index contributed by atoms with van der Waals surface area (Å²) in [5, 5.41) is 14.9. The Morgan fingerprint density at radius 3 is 2.43 bits per heavy atom. The van der Waals surface area contributed by atoms with Crippen molar-refractivity contribution < 1.29 is 5.11 Å². The number of benzene rings is 2. The van der Waals surface area contributed by atoms with Crippen molar-refractivity contribution >= 4 is 44.6 Å². The van der Waals surface area contributed by atoms with E-state index in [1.54, 1.807) is 23.5 Å². The molecule has 0 bridgehead atoms. The Labute approximate surface area is 137 Å². The van der Waals surface area contributed by atoms with Gasteiger partial charge in [0.1, 0.15) is 0 Å². The van der Waals surface area contributed by atoms with Gasteiger partial charge in [-0.25, -0.2) is 0 Å². The van der Waals surface area contributed by atoms with Crippen molar-refractivity contribution in [3.63, 3.8) is 0 Å². The van der Waals surface area contributed by atoms with E-state index < -0.39 is 6.10 Å². The van der Waals surface area contributed by atoms with Crippen molar-refractivity contribution in [2.24, 2.45) is 0 Å². The van der Waals surface area contributed by atoms with E-state index in [-0.39, 0.29) is 0 Å². The Balaban J connectivity index is 1.79. The summed E-state index contributed by atoms with van der Waals surface area (Å²) < 4.78 is 1.25. The molecule has 0 saturated heterocycles. The molecule has 2 aromatic carbocycles. The van der Waals surface area contributed by atoms with Gasteiger partial charge in [-0.2, -0.15) is 0 Å². The summed E-state index contributed by atoms with van der Waals surface area (Å²) in [5.41, 5.74) is 1.99. The second-order valence-electron chi connectivity index (χ2n) is 5.02. The average Bonchev–Trinajstić information content (AvgIpc) is 2.87. The normalized spacial score (nSPS) is 12.7. The summed E-state index contributed by atoms with van der Waals surface area (Å²) in [6, 6.07) is 13.7. The molecule has 0 aliphatic carbocycles. The minimum atomic E-state index is -0.500. The van der Waals surface area contributed by atoms with Gasteiger partial charge in [-0.05, 0) is 40.1 Å². The molecule has 1 heterocycles. The zero-order chi connectivity index (χ0) is 14.8. The van der Waals surface area contributed by atoms with Crippen LogP contribution in [0.2, 0.25) is 10.0 Å². The molecule has 4 heteroatoms. The molecule has 0 fully saturated rings. The molecular weight excluding hydrogens is 323 g/mol. The maximum Gasteiger partial charge on any atom is 0.0622 e. The van der Waals surface area contributed by atoms with Crippen LogP contribution in [-0.4, -0.2) is 11.2 Å². The minimum absolute atomic E-state index is 0.461. The van der Waals surface area contributed by atoms with Crippen molar-refractivity contribution in [2.45, 2.75) is 18.9 Å². The van der Waals surface area contributed by atoms with E-state index in [0.717, 1.165) is 5.56 Å². The standard InChI is InChI=1S/C17H14Cl2OS/c18-15-5-3-6-16(19)14(15)9-12(20)8-11-10-21-17-7-2-1-4-13(11)17/h1-7,10,12,20H,8-9H2. The fraction of sp³-hybridized carbons (Fsp3) is 0.176. The largest absolute Gasteiger partial charge is 0.392 e. The van der Waals surface area contributed by atoms with E-state index in [0.29, 0.717) is 22.9 Å². The fourth-order valence-electron chi connectivity index (χ4n) is 2.48. The molecule has 1 unspecified atom stereocenters. The van der Waals surface area contributed by atoms with Crippen molar-refractivity contribution in [2.75, 3.05) is 0 Å². The van der Waals surface area contributed by atoms with Crippen LogP contribution in [0.4, 0.5) is 0 Å². The van der Waals surface area contributed by atoms with Crippen LogP contribution in [0.3, 0.4) is 0 Å². The number of rotatable bonds is 4. The Hall–Kier alpha value is -1.06. The summed E-state index contributed by atoms with van der Waals surface area (Å²) in [4.78, 5) is 0. The van der Waals surface area contributed by atoms with Crippen LogP contribution < -0.4 is 0 Å². The van der Waals surface area contributed by atoms with Gasteiger partial charge in [0, 0.05) is 27.6 Å². The van der Waals surface area contributed by atoms with Crippen LogP contribution >= 0.6 is 34.5 Å². The molecule has 0 aliphatic heterocycles. The van der Waals surface area contributed by atoms with Gasteiger partial charge < -0.3 is 5.11 Å². The number of thiophene rings is 1. The second kappa shape index (κ2) is 6.37. The zero-order valence-corrected chi connectivity index (χ0v) is 13.6. The number of aliphatic hydroxyl groups excluding tert-OH is 1. The third kappa shape index (κ3) is 3.24. The van der Waals surface area contributed by atoms with E-state index in [4.69, 9.17) is 23.2 Å². The first-order chi connectivity index (χ1) is 10.1. The zero-order valence-electron chi connectivity index (χ0n) is 11.2. The van der Waals surface area contributed by atoms with Crippen molar-refractivity contribution in [1.82, 2.24) is 0 Å². The number of fused-ring (bicyclic) bond motifs is 1. The molecule has 108 valence electrons. The predicted molar refractivity (Wildman–Crippen MR) is 91.7 cm³/mol. The van der Waals surface area contributed by atoms with Crippen LogP contribution in [0.5, 0.6) is 0 Å².